The molecular formula is C10H16BrN5. The standard InChI is InChI=1S/C10H16BrN5/c1-15-2-4-16(5-3-15)14-10-9(12)6-8(11)7-13-10/h6-7H,2-5,12H2,1H3,(H,13,14). The number of pyridine rings is 1. The van der Waals surface area contributed by atoms with Crippen LogP contribution in [0.25, 0.3) is 0 Å². The first-order valence-corrected chi connectivity index (χ1v) is 6.05. The van der Waals surface area contributed by atoms with Crippen molar-refractivity contribution in [3.63, 3.8) is 0 Å². The van der Waals surface area contributed by atoms with Crippen LogP contribution in [0.15, 0.2) is 16.7 Å². The monoisotopic (exact) mass is 285 g/mol. The number of likely N-dealkylation sites (N-methyl/N-ethyl adjacent to an activating group) is 1. The molecule has 0 atom stereocenters. The summed E-state index contributed by atoms with van der Waals surface area (Å²) in [5, 5.41) is 2.15. The summed E-state index contributed by atoms with van der Waals surface area (Å²) in [4.78, 5) is 6.55. The number of nitrogens with one attached hydrogen (secondary N) is 1. The SMILES string of the molecule is CN1CCN(Nc2ncc(Br)cc2N)CC1. The highest BCUT2D eigenvalue weighted by Crippen LogP contribution is 2.20. The lowest BCUT2D eigenvalue weighted by molar-refractivity contribution is 0.178. The van der Waals surface area contributed by atoms with E-state index in [1.165, 1.54) is 0 Å². The van der Waals surface area contributed by atoms with E-state index in [1.54, 1.807) is 6.20 Å². The molecule has 3 N–H and O–H groups in total. The highest BCUT2D eigenvalue weighted by molar-refractivity contribution is 9.10. The van der Waals surface area contributed by atoms with Crippen molar-refractivity contribution < 1.29 is 0 Å². The highest BCUT2D eigenvalue weighted by atomic mass is 79.9. The summed E-state index contributed by atoms with van der Waals surface area (Å²) in [6.45, 7) is 4.08. The topological polar surface area (TPSA) is 57.4 Å². The first-order valence-electron chi connectivity index (χ1n) is 5.26. The van der Waals surface area contributed by atoms with E-state index in [4.69, 9.17) is 5.73 Å². The number of nitrogens with zero attached hydrogens (tertiary/aromatic N) is 3. The van der Waals surface area contributed by atoms with E-state index in [-0.39, 0.29) is 0 Å². The van der Waals surface area contributed by atoms with Crippen LogP contribution >= 0.6 is 15.9 Å². The van der Waals surface area contributed by atoms with Crippen LogP contribution < -0.4 is 11.2 Å². The molecule has 6 heteroatoms. The van der Waals surface area contributed by atoms with Crippen molar-refractivity contribution in [1.29, 1.82) is 0 Å². The van der Waals surface area contributed by atoms with E-state index in [9.17, 15) is 0 Å². The Kier molecular flexibility index (Phi) is 3.63. The van der Waals surface area contributed by atoms with Crippen molar-refractivity contribution >= 4 is 27.4 Å². The number of hydrogen-bond donors (Lipinski definition) is 2. The van der Waals surface area contributed by atoms with Crippen LogP contribution in [0, 0.1) is 0 Å². The van der Waals surface area contributed by atoms with Gasteiger partial charge in [0, 0.05) is 36.8 Å². The van der Waals surface area contributed by atoms with Gasteiger partial charge in [-0.3, -0.25) is 0 Å². The second-order valence-electron chi connectivity index (χ2n) is 3.99. The number of hydrogen-bond acceptors (Lipinski definition) is 5. The molecule has 1 saturated heterocycles. The van der Waals surface area contributed by atoms with Crippen LogP contribution in [-0.4, -0.2) is 48.1 Å². The maximum absolute atomic E-state index is 5.87. The van der Waals surface area contributed by atoms with Crippen LogP contribution in [0.5, 0.6) is 0 Å². The lowest BCUT2D eigenvalue weighted by Crippen LogP contribution is -2.47. The summed E-state index contributed by atoms with van der Waals surface area (Å²) >= 11 is 3.34. The van der Waals surface area contributed by atoms with Gasteiger partial charge in [0.15, 0.2) is 5.82 Å². The maximum Gasteiger partial charge on any atom is 0.163 e. The third kappa shape index (κ3) is 2.84. The van der Waals surface area contributed by atoms with Gasteiger partial charge in [-0.2, -0.15) is 0 Å². The zero-order valence-electron chi connectivity index (χ0n) is 9.28. The van der Waals surface area contributed by atoms with Gasteiger partial charge in [-0.1, -0.05) is 0 Å². The quantitative estimate of drug-likeness (QED) is 0.849. The number of nitrogens with two attached hydrogens (primary N) is 1. The molecule has 0 amide bonds. The van der Waals surface area contributed by atoms with Crippen molar-refractivity contribution in [3.8, 4) is 0 Å². The minimum Gasteiger partial charge on any atom is -0.396 e. The van der Waals surface area contributed by atoms with Gasteiger partial charge in [0.25, 0.3) is 0 Å². The predicted molar refractivity (Wildman–Crippen MR) is 69.0 cm³/mol. The Labute approximate surface area is 104 Å². The molecule has 0 aromatic carbocycles. The van der Waals surface area contributed by atoms with E-state index in [0.29, 0.717) is 5.69 Å². The first kappa shape index (κ1) is 11.6. The van der Waals surface area contributed by atoms with Crippen LogP contribution in [-0.2, 0) is 0 Å². The third-order valence-corrected chi connectivity index (χ3v) is 3.08. The van der Waals surface area contributed by atoms with Crippen molar-refractivity contribution in [2.24, 2.45) is 0 Å². The Morgan fingerprint density at radius 1 is 1.38 bits per heavy atom. The van der Waals surface area contributed by atoms with E-state index in [1.807, 2.05) is 6.07 Å². The fourth-order valence-electron chi connectivity index (χ4n) is 1.62. The lowest BCUT2D eigenvalue weighted by Gasteiger charge is -2.32. The number of aromatic nitrogens is 1. The number of piperazine rings is 1. The molecular weight excluding hydrogens is 270 g/mol. The molecule has 0 unspecified atom stereocenters. The molecule has 1 aromatic heterocycles. The Balaban J connectivity index is 1.98. The van der Waals surface area contributed by atoms with Gasteiger partial charge in [0.2, 0.25) is 0 Å². The number of anilines is 2. The molecule has 0 bridgehead atoms. The molecule has 0 aliphatic carbocycles. The summed E-state index contributed by atoms with van der Waals surface area (Å²) < 4.78 is 0.897. The minimum atomic E-state index is 0.660. The average Bonchev–Trinajstić information content (AvgIpc) is 2.25. The summed E-state index contributed by atoms with van der Waals surface area (Å²) in [6.07, 6.45) is 1.74. The Bertz CT molecular complexity index is 362. The smallest absolute Gasteiger partial charge is 0.163 e. The fraction of sp³-hybridized carbons (Fsp3) is 0.500. The van der Waals surface area contributed by atoms with E-state index < -0.39 is 0 Å². The lowest BCUT2D eigenvalue weighted by atomic mass is 10.4. The normalized spacial score (nSPS) is 18.6. The van der Waals surface area contributed by atoms with Gasteiger partial charge >= 0.3 is 0 Å². The molecule has 16 heavy (non-hydrogen) atoms. The second-order valence-corrected chi connectivity index (χ2v) is 4.91. The molecule has 5 nitrogen and oxygen atoms in total. The van der Waals surface area contributed by atoms with Gasteiger partial charge < -0.3 is 16.1 Å². The highest BCUT2D eigenvalue weighted by Gasteiger charge is 2.14. The third-order valence-electron chi connectivity index (χ3n) is 2.65. The summed E-state index contributed by atoms with van der Waals surface area (Å²) in [7, 11) is 2.13. The molecule has 2 rings (SSSR count). The predicted octanol–water partition coefficient (Wildman–Crippen LogP) is 1.00. The van der Waals surface area contributed by atoms with E-state index in [0.717, 1.165) is 36.5 Å². The van der Waals surface area contributed by atoms with Gasteiger partial charge in [-0.25, -0.2) is 9.99 Å². The van der Waals surface area contributed by atoms with Crippen LogP contribution in [0.1, 0.15) is 0 Å². The summed E-state index contributed by atoms with van der Waals surface area (Å²) in [6, 6.07) is 1.85. The molecule has 1 fully saturated rings. The zero-order chi connectivity index (χ0) is 11.5. The number of hydrazine groups is 1. The largest absolute Gasteiger partial charge is 0.396 e. The van der Waals surface area contributed by atoms with Crippen molar-refractivity contribution in [1.82, 2.24) is 14.9 Å². The van der Waals surface area contributed by atoms with Gasteiger partial charge in [-0.15, -0.1) is 0 Å². The molecule has 2 heterocycles. The molecule has 0 spiro atoms. The van der Waals surface area contributed by atoms with Gasteiger partial charge in [0.05, 0.1) is 5.69 Å². The fourth-order valence-corrected chi connectivity index (χ4v) is 1.97. The first-order chi connectivity index (χ1) is 7.65. The van der Waals surface area contributed by atoms with Crippen LogP contribution in [0.2, 0.25) is 0 Å². The maximum atomic E-state index is 5.87. The molecule has 0 radical (unpaired) electrons. The number of nitrogen functional groups attached to an aromatic ring is 1. The van der Waals surface area contributed by atoms with Gasteiger partial charge in [-0.05, 0) is 29.0 Å². The van der Waals surface area contributed by atoms with Crippen molar-refractivity contribution in [3.05, 3.63) is 16.7 Å². The summed E-state index contributed by atoms with van der Waals surface area (Å²) in [5.74, 6) is 0.729. The van der Waals surface area contributed by atoms with Crippen molar-refractivity contribution in [2.45, 2.75) is 0 Å². The Morgan fingerprint density at radius 2 is 2.06 bits per heavy atom. The molecule has 88 valence electrons. The second kappa shape index (κ2) is 4.99. The van der Waals surface area contributed by atoms with Crippen molar-refractivity contribution in [2.75, 3.05) is 44.4 Å². The molecule has 1 aliphatic rings. The van der Waals surface area contributed by atoms with Crippen LogP contribution in [0.3, 0.4) is 0 Å². The van der Waals surface area contributed by atoms with E-state index >= 15 is 0 Å². The zero-order valence-corrected chi connectivity index (χ0v) is 10.9. The molecule has 1 aliphatic heterocycles. The molecule has 0 saturated carbocycles. The van der Waals surface area contributed by atoms with Gasteiger partial charge in [0.1, 0.15) is 0 Å². The number of halogens is 1. The van der Waals surface area contributed by atoms with Crippen LogP contribution in [0.4, 0.5) is 11.5 Å². The average molecular weight is 286 g/mol. The Morgan fingerprint density at radius 3 is 2.69 bits per heavy atom. The number of rotatable bonds is 2. The van der Waals surface area contributed by atoms with E-state index in [2.05, 4.69) is 43.3 Å². The molecule has 1 aromatic rings. The summed E-state index contributed by atoms with van der Waals surface area (Å²) in [5.41, 5.74) is 9.78. The minimum absolute atomic E-state index is 0.660. The Hall–Kier alpha value is -0.850.